The fourth-order valence-electron chi connectivity index (χ4n) is 1.20. The highest BCUT2D eigenvalue weighted by molar-refractivity contribution is 6.29. The number of hydrogen-bond acceptors (Lipinski definition) is 4. The predicted molar refractivity (Wildman–Crippen MR) is 55.7 cm³/mol. The van der Waals surface area contributed by atoms with Crippen LogP contribution in [-0.4, -0.2) is 31.3 Å². The summed E-state index contributed by atoms with van der Waals surface area (Å²) in [4.78, 5) is 23.1. The van der Waals surface area contributed by atoms with Crippen LogP contribution in [0.2, 0.25) is 0 Å². The second-order valence-corrected chi connectivity index (χ2v) is 3.20. The Labute approximate surface area is 90.3 Å². The fraction of sp³-hybridized carbons (Fsp3) is 0.250. The molecule has 0 unspecified atom stereocenters. The van der Waals surface area contributed by atoms with Crippen LogP contribution in [0.4, 0.5) is 5.82 Å². The molecule has 0 aromatic carbocycles. The largest absolute Gasteiger partial charge is 0.318 e. The van der Waals surface area contributed by atoms with Crippen LogP contribution in [0.3, 0.4) is 0 Å². The number of halogens is 1. The minimum absolute atomic E-state index is 0.113. The zero-order valence-corrected chi connectivity index (χ0v) is 8.69. The number of rotatable bonds is 2. The first-order valence-electron chi connectivity index (χ1n) is 4.20. The summed E-state index contributed by atoms with van der Waals surface area (Å²) in [6, 6.07) is 0. The molecule has 2 heterocycles. The second-order valence-electron chi connectivity index (χ2n) is 2.93. The molecule has 0 spiro atoms. The van der Waals surface area contributed by atoms with E-state index in [0.717, 1.165) is 0 Å². The Morgan fingerprint density at radius 2 is 2.33 bits per heavy atom. The third kappa shape index (κ3) is 1.75. The summed E-state index contributed by atoms with van der Waals surface area (Å²) < 4.78 is 1.74. The zero-order chi connectivity index (χ0) is 10.8. The number of nitrogens with one attached hydrogen (secondary N) is 1. The maximum Gasteiger partial charge on any atom is 0.240 e. The van der Waals surface area contributed by atoms with Crippen molar-refractivity contribution >= 4 is 34.5 Å². The van der Waals surface area contributed by atoms with Crippen LogP contribution in [0.25, 0.3) is 11.2 Å². The van der Waals surface area contributed by atoms with Gasteiger partial charge in [0.15, 0.2) is 17.0 Å². The van der Waals surface area contributed by atoms with Gasteiger partial charge in [0.25, 0.3) is 0 Å². The average Bonchev–Trinajstić information content (AvgIpc) is 2.62. The quantitative estimate of drug-likeness (QED) is 0.758. The number of aryl methyl sites for hydroxylation is 1. The van der Waals surface area contributed by atoms with E-state index >= 15 is 0 Å². The Balaban J connectivity index is 2.47. The SMILES string of the molecule is Cn1cnc2c(NC(=O)CCl)ncnc21. The number of aromatic nitrogens is 4. The molecular formula is C8H8ClN5O. The van der Waals surface area contributed by atoms with Crippen LogP contribution < -0.4 is 5.32 Å². The minimum atomic E-state index is -0.317. The molecule has 6 nitrogen and oxygen atoms in total. The molecule has 2 aromatic rings. The van der Waals surface area contributed by atoms with Crippen molar-refractivity contribution in [3.05, 3.63) is 12.7 Å². The lowest BCUT2D eigenvalue weighted by Crippen LogP contribution is -2.14. The lowest BCUT2D eigenvalue weighted by atomic mass is 10.5. The Bertz CT molecular complexity index is 509. The van der Waals surface area contributed by atoms with Gasteiger partial charge in [-0.15, -0.1) is 11.6 Å². The Kier molecular flexibility index (Phi) is 2.51. The van der Waals surface area contributed by atoms with Gasteiger partial charge in [0.1, 0.15) is 12.2 Å². The molecule has 0 atom stereocenters. The van der Waals surface area contributed by atoms with Crippen LogP contribution in [0, 0.1) is 0 Å². The number of nitrogens with zero attached hydrogens (tertiary/aromatic N) is 4. The van der Waals surface area contributed by atoms with Crippen molar-refractivity contribution in [3.63, 3.8) is 0 Å². The minimum Gasteiger partial charge on any atom is -0.318 e. The van der Waals surface area contributed by atoms with Gasteiger partial charge in [-0.25, -0.2) is 15.0 Å². The smallest absolute Gasteiger partial charge is 0.240 e. The van der Waals surface area contributed by atoms with Gasteiger partial charge in [0.05, 0.1) is 6.33 Å². The van der Waals surface area contributed by atoms with Crippen molar-refractivity contribution in [2.24, 2.45) is 7.05 Å². The molecule has 15 heavy (non-hydrogen) atoms. The monoisotopic (exact) mass is 225 g/mol. The van der Waals surface area contributed by atoms with Crippen LogP contribution >= 0.6 is 11.6 Å². The molecule has 2 aromatic heterocycles. The van der Waals surface area contributed by atoms with Gasteiger partial charge in [-0.2, -0.15) is 0 Å². The summed E-state index contributed by atoms with van der Waals surface area (Å²) in [7, 11) is 1.81. The van der Waals surface area contributed by atoms with Crippen molar-refractivity contribution in [1.82, 2.24) is 19.5 Å². The van der Waals surface area contributed by atoms with Crippen LogP contribution in [0.15, 0.2) is 12.7 Å². The topological polar surface area (TPSA) is 72.7 Å². The average molecular weight is 226 g/mol. The Hall–Kier alpha value is -1.69. The summed E-state index contributed by atoms with van der Waals surface area (Å²) in [5.74, 6) is -0.0493. The van der Waals surface area contributed by atoms with Gasteiger partial charge >= 0.3 is 0 Å². The number of carbonyl (C=O) groups is 1. The molecule has 0 saturated carbocycles. The van der Waals surface area contributed by atoms with Gasteiger partial charge in [0, 0.05) is 7.05 Å². The normalized spacial score (nSPS) is 10.5. The highest BCUT2D eigenvalue weighted by Crippen LogP contribution is 2.15. The molecule has 0 saturated heterocycles. The number of carbonyl (C=O) groups excluding carboxylic acids is 1. The van der Waals surface area contributed by atoms with Crippen molar-refractivity contribution in [2.45, 2.75) is 0 Å². The third-order valence-corrected chi connectivity index (χ3v) is 2.12. The van der Waals surface area contributed by atoms with Crippen molar-refractivity contribution in [2.75, 3.05) is 11.2 Å². The molecular weight excluding hydrogens is 218 g/mol. The van der Waals surface area contributed by atoms with E-state index in [2.05, 4.69) is 20.3 Å². The molecule has 0 bridgehead atoms. The van der Waals surface area contributed by atoms with Crippen molar-refractivity contribution < 1.29 is 4.79 Å². The molecule has 0 aliphatic rings. The maximum atomic E-state index is 11.1. The van der Waals surface area contributed by atoms with E-state index in [9.17, 15) is 4.79 Å². The van der Waals surface area contributed by atoms with Gasteiger partial charge < -0.3 is 9.88 Å². The molecule has 0 aliphatic heterocycles. The number of alkyl halides is 1. The lowest BCUT2D eigenvalue weighted by molar-refractivity contribution is -0.113. The van der Waals surface area contributed by atoms with Crippen LogP contribution in [0.5, 0.6) is 0 Å². The van der Waals surface area contributed by atoms with E-state index in [4.69, 9.17) is 11.6 Å². The molecule has 7 heteroatoms. The summed E-state index contributed by atoms with van der Waals surface area (Å²) >= 11 is 5.38. The highest BCUT2D eigenvalue weighted by atomic mass is 35.5. The molecule has 1 N–H and O–H groups in total. The number of imidazole rings is 1. The van der Waals surface area contributed by atoms with E-state index in [1.807, 2.05) is 7.05 Å². The Morgan fingerprint density at radius 1 is 1.53 bits per heavy atom. The van der Waals surface area contributed by atoms with Gasteiger partial charge in [-0.05, 0) is 0 Å². The number of anilines is 1. The molecule has 78 valence electrons. The summed E-state index contributed by atoms with van der Waals surface area (Å²) in [5, 5.41) is 2.55. The maximum absolute atomic E-state index is 11.1. The first-order valence-corrected chi connectivity index (χ1v) is 4.73. The highest BCUT2D eigenvalue weighted by Gasteiger charge is 2.09. The van der Waals surface area contributed by atoms with E-state index in [0.29, 0.717) is 17.0 Å². The Morgan fingerprint density at radius 3 is 3.07 bits per heavy atom. The van der Waals surface area contributed by atoms with Gasteiger partial charge in [-0.1, -0.05) is 0 Å². The van der Waals surface area contributed by atoms with E-state index < -0.39 is 0 Å². The molecule has 0 aliphatic carbocycles. The van der Waals surface area contributed by atoms with Crippen LogP contribution in [-0.2, 0) is 11.8 Å². The number of fused-ring (bicyclic) bond motifs is 1. The third-order valence-electron chi connectivity index (χ3n) is 1.88. The molecule has 0 fully saturated rings. The lowest BCUT2D eigenvalue weighted by Gasteiger charge is -2.01. The second kappa shape index (κ2) is 3.82. The standard InChI is InChI=1S/C8H8ClN5O/c1-14-4-12-6-7(13-5(15)2-9)10-3-11-8(6)14/h3-4H,2H2,1H3,(H,10,11,13,15). The number of amides is 1. The first-order chi connectivity index (χ1) is 7.22. The van der Waals surface area contributed by atoms with Gasteiger partial charge in [0.2, 0.25) is 5.91 Å². The summed E-state index contributed by atoms with van der Waals surface area (Å²) in [5.41, 5.74) is 1.22. The van der Waals surface area contributed by atoms with E-state index in [1.54, 1.807) is 10.9 Å². The molecule has 0 radical (unpaired) electrons. The first kappa shape index (κ1) is 9.85. The summed E-state index contributed by atoms with van der Waals surface area (Å²) in [6.07, 6.45) is 2.98. The number of hydrogen-bond donors (Lipinski definition) is 1. The van der Waals surface area contributed by atoms with E-state index in [-0.39, 0.29) is 11.8 Å². The van der Waals surface area contributed by atoms with Crippen LogP contribution in [0.1, 0.15) is 0 Å². The fourth-order valence-corrected chi connectivity index (χ4v) is 1.27. The molecule has 1 amide bonds. The summed E-state index contributed by atoms with van der Waals surface area (Å²) in [6.45, 7) is 0. The van der Waals surface area contributed by atoms with E-state index in [1.165, 1.54) is 6.33 Å². The molecule has 2 rings (SSSR count). The predicted octanol–water partition coefficient (Wildman–Crippen LogP) is 0.541. The van der Waals surface area contributed by atoms with Crippen molar-refractivity contribution in [1.29, 1.82) is 0 Å². The zero-order valence-electron chi connectivity index (χ0n) is 7.94. The van der Waals surface area contributed by atoms with Crippen molar-refractivity contribution in [3.8, 4) is 0 Å². The van der Waals surface area contributed by atoms with Gasteiger partial charge in [-0.3, -0.25) is 4.79 Å².